The van der Waals surface area contributed by atoms with Crippen LogP contribution in [-0.4, -0.2) is 24.7 Å². The highest BCUT2D eigenvalue weighted by molar-refractivity contribution is 5.71. The van der Waals surface area contributed by atoms with Crippen LogP contribution in [0.3, 0.4) is 0 Å². The van der Waals surface area contributed by atoms with Gasteiger partial charge in [-0.25, -0.2) is 0 Å². The number of halogens is 3. The molecule has 0 spiro atoms. The summed E-state index contributed by atoms with van der Waals surface area (Å²) in [5.74, 6) is -1.23. The second kappa shape index (κ2) is 5.32. The summed E-state index contributed by atoms with van der Waals surface area (Å²) in [6.45, 7) is 0.236. The maximum absolute atomic E-state index is 12.7. The second-order valence-corrected chi connectivity index (χ2v) is 4.69. The lowest BCUT2D eigenvalue weighted by molar-refractivity contribution is -0.141. The van der Waals surface area contributed by atoms with Crippen molar-refractivity contribution in [1.29, 1.82) is 0 Å². The van der Waals surface area contributed by atoms with Gasteiger partial charge in [-0.1, -0.05) is 0 Å². The van der Waals surface area contributed by atoms with Crippen LogP contribution in [0.25, 0.3) is 0 Å². The Morgan fingerprint density at radius 2 is 2.15 bits per heavy atom. The zero-order valence-corrected chi connectivity index (χ0v) is 10.7. The fourth-order valence-corrected chi connectivity index (χ4v) is 2.34. The summed E-state index contributed by atoms with van der Waals surface area (Å²) in [5.41, 5.74) is -0.431. The summed E-state index contributed by atoms with van der Waals surface area (Å²) in [6, 6.07) is 2.77. The number of hydrogen-bond acceptors (Lipinski definition) is 3. The Kier molecular flexibility index (Phi) is 3.89. The molecule has 0 saturated carbocycles. The van der Waals surface area contributed by atoms with Crippen LogP contribution in [0, 0.1) is 5.92 Å². The van der Waals surface area contributed by atoms with Crippen LogP contribution >= 0.6 is 0 Å². The van der Waals surface area contributed by atoms with Gasteiger partial charge in [0.05, 0.1) is 18.6 Å². The fraction of sp³-hybridized carbons (Fsp3) is 0.462. The average molecular weight is 289 g/mol. The van der Waals surface area contributed by atoms with Crippen molar-refractivity contribution >= 4 is 5.97 Å². The first kappa shape index (κ1) is 14.6. The number of methoxy groups -OCH3 is 1. The van der Waals surface area contributed by atoms with E-state index in [0.29, 0.717) is 11.3 Å². The Labute approximate surface area is 113 Å². The minimum atomic E-state index is -4.44. The van der Waals surface area contributed by atoms with Crippen molar-refractivity contribution in [2.75, 3.05) is 13.7 Å². The summed E-state index contributed by atoms with van der Waals surface area (Å²) >= 11 is 0. The molecule has 2 N–H and O–H groups in total. The van der Waals surface area contributed by atoms with Crippen molar-refractivity contribution in [3.8, 4) is 5.75 Å². The van der Waals surface area contributed by atoms with E-state index >= 15 is 0 Å². The molecule has 1 aromatic carbocycles. The first-order chi connectivity index (χ1) is 9.32. The van der Waals surface area contributed by atoms with Crippen LogP contribution in [0.2, 0.25) is 0 Å². The fourth-order valence-electron chi connectivity index (χ4n) is 2.34. The van der Waals surface area contributed by atoms with Crippen molar-refractivity contribution in [2.45, 2.75) is 18.6 Å². The molecule has 1 fully saturated rings. The van der Waals surface area contributed by atoms with E-state index in [1.807, 2.05) is 0 Å². The molecule has 1 saturated heterocycles. The standard InChI is InChI=1S/C13H14F3NO3/c1-20-11-3-2-8(13(14,15)16)5-9(11)10-4-7(6-17-10)12(18)19/h2-3,5,7,10,17H,4,6H2,1H3,(H,18,19). The highest BCUT2D eigenvalue weighted by Crippen LogP contribution is 2.38. The van der Waals surface area contributed by atoms with Crippen LogP contribution in [-0.2, 0) is 11.0 Å². The highest BCUT2D eigenvalue weighted by atomic mass is 19.4. The van der Waals surface area contributed by atoms with Gasteiger partial charge >= 0.3 is 12.1 Å². The summed E-state index contributed by atoms with van der Waals surface area (Å²) < 4.78 is 43.3. The van der Waals surface area contributed by atoms with Crippen molar-refractivity contribution in [3.05, 3.63) is 29.3 Å². The predicted octanol–water partition coefficient (Wildman–Crippen LogP) is 2.45. The van der Waals surface area contributed by atoms with Gasteiger partial charge in [0.1, 0.15) is 5.75 Å². The number of rotatable bonds is 3. The van der Waals surface area contributed by atoms with Crippen LogP contribution in [0.4, 0.5) is 13.2 Å². The number of alkyl halides is 3. The summed E-state index contributed by atoms with van der Waals surface area (Å²) in [5, 5.41) is 11.9. The topological polar surface area (TPSA) is 58.6 Å². The summed E-state index contributed by atoms with van der Waals surface area (Å²) in [4.78, 5) is 10.9. The van der Waals surface area contributed by atoms with Gasteiger partial charge in [-0.3, -0.25) is 4.79 Å². The number of carboxylic acids is 1. The molecule has 1 aromatic rings. The molecule has 2 atom stereocenters. The van der Waals surface area contributed by atoms with E-state index in [4.69, 9.17) is 9.84 Å². The van der Waals surface area contributed by atoms with Crippen molar-refractivity contribution in [3.63, 3.8) is 0 Å². The maximum atomic E-state index is 12.7. The molecular weight excluding hydrogens is 275 g/mol. The third-order valence-electron chi connectivity index (χ3n) is 3.41. The zero-order chi connectivity index (χ0) is 14.9. The first-order valence-electron chi connectivity index (χ1n) is 6.04. The minimum absolute atomic E-state index is 0.236. The van der Waals surface area contributed by atoms with E-state index in [1.165, 1.54) is 13.2 Å². The molecule has 2 rings (SSSR count). The smallest absolute Gasteiger partial charge is 0.416 e. The Bertz CT molecular complexity index is 516. The van der Waals surface area contributed by atoms with Crippen LogP contribution in [0.15, 0.2) is 18.2 Å². The van der Waals surface area contributed by atoms with Gasteiger partial charge in [-0.15, -0.1) is 0 Å². The maximum Gasteiger partial charge on any atom is 0.416 e. The summed E-state index contributed by atoms with van der Waals surface area (Å²) in [7, 11) is 1.37. The van der Waals surface area contributed by atoms with E-state index in [0.717, 1.165) is 12.1 Å². The first-order valence-corrected chi connectivity index (χ1v) is 6.04. The van der Waals surface area contributed by atoms with E-state index in [-0.39, 0.29) is 13.0 Å². The molecule has 20 heavy (non-hydrogen) atoms. The SMILES string of the molecule is COc1ccc(C(F)(F)F)cc1C1CC(C(=O)O)CN1. The number of carboxylic acid groups (broad SMARTS) is 1. The number of hydrogen-bond donors (Lipinski definition) is 2. The molecule has 0 amide bonds. The Morgan fingerprint density at radius 1 is 1.45 bits per heavy atom. The van der Waals surface area contributed by atoms with Crippen molar-refractivity contribution in [1.82, 2.24) is 5.32 Å². The normalized spacial score (nSPS) is 22.8. The predicted molar refractivity (Wildman–Crippen MR) is 64.5 cm³/mol. The van der Waals surface area contributed by atoms with Gasteiger partial charge in [-0.2, -0.15) is 13.2 Å². The van der Waals surface area contributed by atoms with E-state index in [2.05, 4.69) is 5.32 Å². The second-order valence-electron chi connectivity index (χ2n) is 4.69. The summed E-state index contributed by atoms with van der Waals surface area (Å²) in [6.07, 6.45) is -4.20. The third kappa shape index (κ3) is 2.87. The van der Waals surface area contributed by atoms with Gasteiger partial charge in [-0.05, 0) is 24.6 Å². The third-order valence-corrected chi connectivity index (χ3v) is 3.41. The molecule has 0 aliphatic carbocycles. The molecule has 1 aliphatic rings. The van der Waals surface area contributed by atoms with E-state index in [1.54, 1.807) is 0 Å². The number of carbonyl (C=O) groups is 1. The molecule has 2 unspecified atom stereocenters. The van der Waals surface area contributed by atoms with Crippen molar-refractivity contribution in [2.24, 2.45) is 5.92 Å². The molecule has 7 heteroatoms. The molecule has 0 aromatic heterocycles. The minimum Gasteiger partial charge on any atom is -0.496 e. The Hall–Kier alpha value is -1.76. The van der Waals surface area contributed by atoms with E-state index in [9.17, 15) is 18.0 Å². The van der Waals surface area contributed by atoms with E-state index < -0.39 is 29.7 Å². The molecule has 0 bridgehead atoms. The van der Waals surface area contributed by atoms with Gasteiger partial charge in [0.15, 0.2) is 0 Å². The van der Waals surface area contributed by atoms with Crippen LogP contribution in [0.1, 0.15) is 23.6 Å². The Balaban J connectivity index is 2.32. The van der Waals surface area contributed by atoms with Gasteiger partial charge in [0, 0.05) is 18.2 Å². The highest BCUT2D eigenvalue weighted by Gasteiger charge is 2.35. The largest absolute Gasteiger partial charge is 0.496 e. The molecule has 0 radical (unpaired) electrons. The average Bonchev–Trinajstić information content (AvgIpc) is 2.86. The molecule has 1 aliphatic heterocycles. The van der Waals surface area contributed by atoms with Gasteiger partial charge < -0.3 is 15.2 Å². The Morgan fingerprint density at radius 3 is 2.65 bits per heavy atom. The van der Waals surface area contributed by atoms with Gasteiger partial charge in [0.2, 0.25) is 0 Å². The lowest BCUT2D eigenvalue weighted by atomic mass is 9.97. The lowest BCUT2D eigenvalue weighted by Gasteiger charge is -2.17. The monoisotopic (exact) mass is 289 g/mol. The zero-order valence-electron chi connectivity index (χ0n) is 10.7. The molecule has 1 heterocycles. The van der Waals surface area contributed by atoms with Crippen LogP contribution in [0.5, 0.6) is 5.75 Å². The lowest BCUT2D eigenvalue weighted by Crippen LogP contribution is -2.18. The molecule has 4 nitrogen and oxygen atoms in total. The molecular formula is C13H14F3NO3. The number of ether oxygens (including phenoxy) is 1. The van der Waals surface area contributed by atoms with Crippen LogP contribution < -0.4 is 10.1 Å². The number of aliphatic carboxylic acids is 1. The molecule has 110 valence electrons. The number of benzene rings is 1. The van der Waals surface area contributed by atoms with Crippen molar-refractivity contribution < 1.29 is 27.8 Å². The quantitative estimate of drug-likeness (QED) is 0.897. The number of nitrogens with one attached hydrogen (secondary N) is 1. The van der Waals surface area contributed by atoms with Gasteiger partial charge in [0.25, 0.3) is 0 Å².